The van der Waals surface area contributed by atoms with Crippen LogP contribution in [0.4, 0.5) is 0 Å². The number of phosphoric acid groups is 1. The number of rotatable bonds is 8. The average Bonchev–Trinajstić information content (AvgIpc) is 2.60. The van der Waals surface area contributed by atoms with Crippen LogP contribution in [-0.4, -0.2) is 30.6 Å². The Labute approximate surface area is 154 Å². The van der Waals surface area contributed by atoms with Crippen molar-refractivity contribution in [2.45, 2.75) is 25.7 Å². The van der Waals surface area contributed by atoms with Crippen molar-refractivity contribution in [3.05, 3.63) is 59.2 Å². The van der Waals surface area contributed by atoms with Crippen LogP contribution < -0.4 is 9.47 Å². The maximum Gasteiger partial charge on any atom is 0.469 e. The molecule has 0 spiro atoms. The summed E-state index contributed by atoms with van der Waals surface area (Å²) in [5.74, 6) is 1.46. The van der Waals surface area contributed by atoms with E-state index < -0.39 is 7.82 Å². The van der Waals surface area contributed by atoms with Gasteiger partial charge in [-0.15, -0.1) is 0 Å². The lowest BCUT2D eigenvalue weighted by molar-refractivity contribution is 0.198. The van der Waals surface area contributed by atoms with Crippen molar-refractivity contribution in [3.8, 4) is 11.5 Å². The maximum atomic E-state index is 10.9. The molecule has 0 unspecified atom stereocenters. The second-order valence-corrected chi connectivity index (χ2v) is 7.69. The van der Waals surface area contributed by atoms with Gasteiger partial charge in [0.1, 0.15) is 11.5 Å². The SMILES string of the molecule is COc1ccc(C(C)(C)c2ccc(OC)c(CCOP(=O)(O)O)c2)cc1. The summed E-state index contributed by atoms with van der Waals surface area (Å²) in [5.41, 5.74) is 2.76. The van der Waals surface area contributed by atoms with Gasteiger partial charge in [-0.1, -0.05) is 38.1 Å². The topological polar surface area (TPSA) is 85.2 Å². The Hall–Kier alpha value is -1.85. The molecule has 2 aromatic rings. The summed E-state index contributed by atoms with van der Waals surface area (Å²) in [5, 5.41) is 0. The summed E-state index contributed by atoms with van der Waals surface area (Å²) in [6.45, 7) is 4.14. The first-order valence-corrected chi connectivity index (χ1v) is 9.72. The number of methoxy groups -OCH3 is 2. The van der Waals surface area contributed by atoms with E-state index in [0.29, 0.717) is 12.2 Å². The monoisotopic (exact) mass is 380 g/mol. The Morgan fingerprint density at radius 1 is 0.962 bits per heavy atom. The molecule has 26 heavy (non-hydrogen) atoms. The van der Waals surface area contributed by atoms with Crippen molar-refractivity contribution in [1.82, 2.24) is 0 Å². The minimum atomic E-state index is -4.48. The van der Waals surface area contributed by atoms with Crippen LogP contribution in [0.1, 0.15) is 30.5 Å². The first-order valence-electron chi connectivity index (χ1n) is 8.19. The highest BCUT2D eigenvalue weighted by Crippen LogP contribution is 2.37. The highest BCUT2D eigenvalue weighted by molar-refractivity contribution is 7.46. The molecule has 0 atom stereocenters. The van der Waals surface area contributed by atoms with Gasteiger partial charge in [0.15, 0.2) is 0 Å². The molecule has 6 nitrogen and oxygen atoms in total. The molecule has 0 amide bonds. The zero-order valence-electron chi connectivity index (χ0n) is 15.4. The van der Waals surface area contributed by atoms with Gasteiger partial charge < -0.3 is 19.3 Å². The third-order valence-corrected chi connectivity index (χ3v) is 4.96. The van der Waals surface area contributed by atoms with Gasteiger partial charge in [0, 0.05) is 11.8 Å². The Morgan fingerprint density at radius 3 is 2.12 bits per heavy atom. The normalized spacial score (nSPS) is 12.1. The lowest BCUT2D eigenvalue weighted by atomic mass is 9.77. The second kappa shape index (κ2) is 8.23. The molecule has 0 aliphatic carbocycles. The Morgan fingerprint density at radius 2 is 1.58 bits per heavy atom. The lowest BCUT2D eigenvalue weighted by Crippen LogP contribution is -2.19. The van der Waals surface area contributed by atoms with Gasteiger partial charge in [-0.05, 0) is 34.9 Å². The predicted octanol–water partition coefficient (Wildman–Crippen LogP) is 3.68. The van der Waals surface area contributed by atoms with Crippen LogP contribution in [0.5, 0.6) is 11.5 Å². The fourth-order valence-electron chi connectivity index (χ4n) is 2.81. The smallest absolute Gasteiger partial charge is 0.469 e. The molecule has 0 saturated carbocycles. The van der Waals surface area contributed by atoms with Gasteiger partial charge >= 0.3 is 7.82 Å². The Bertz CT molecular complexity index is 779. The van der Waals surface area contributed by atoms with E-state index >= 15 is 0 Å². The fraction of sp³-hybridized carbons (Fsp3) is 0.368. The van der Waals surface area contributed by atoms with Gasteiger partial charge in [0.2, 0.25) is 0 Å². The van der Waals surface area contributed by atoms with Crippen LogP contribution in [0.2, 0.25) is 0 Å². The van der Waals surface area contributed by atoms with Crippen LogP contribution in [0.15, 0.2) is 42.5 Å². The molecule has 0 bridgehead atoms. The molecule has 0 heterocycles. The van der Waals surface area contributed by atoms with Gasteiger partial charge in [-0.25, -0.2) is 4.57 Å². The predicted molar refractivity (Wildman–Crippen MR) is 99.8 cm³/mol. The van der Waals surface area contributed by atoms with Crippen molar-refractivity contribution in [2.24, 2.45) is 0 Å². The largest absolute Gasteiger partial charge is 0.497 e. The van der Waals surface area contributed by atoms with Crippen molar-refractivity contribution in [2.75, 3.05) is 20.8 Å². The van der Waals surface area contributed by atoms with Crippen LogP contribution in [0.3, 0.4) is 0 Å². The van der Waals surface area contributed by atoms with E-state index in [0.717, 1.165) is 22.4 Å². The van der Waals surface area contributed by atoms with Crippen molar-refractivity contribution >= 4 is 7.82 Å². The summed E-state index contributed by atoms with van der Waals surface area (Å²) in [6.07, 6.45) is 0.334. The molecule has 0 fully saturated rings. The highest BCUT2D eigenvalue weighted by Gasteiger charge is 2.24. The third kappa shape index (κ3) is 5.08. The lowest BCUT2D eigenvalue weighted by Gasteiger charge is -2.27. The van der Waals surface area contributed by atoms with Crippen molar-refractivity contribution < 1.29 is 28.3 Å². The summed E-state index contributed by atoms with van der Waals surface area (Å²) in [7, 11) is -1.28. The molecule has 142 valence electrons. The van der Waals surface area contributed by atoms with Crippen LogP contribution >= 0.6 is 7.82 Å². The molecule has 2 aromatic carbocycles. The molecule has 0 aliphatic rings. The van der Waals surface area contributed by atoms with E-state index in [4.69, 9.17) is 19.3 Å². The van der Waals surface area contributed by atoms with E-state index in [1.807, 2.05) is 42.5 Å². The first kappa shape index (κ1) is 20.5. The molecule has 0 aliphatic heterocycles. The summed E-state index contributed by atoms with van der Waals surface area (Å²) in [4.78, 5) is 17.7. The third-order valence-electron chi connectivity index (χ3n) is 4.44. The molecule has 0 saturated heterocycles. The maximum absolute atomic E-state index is 10.9. The number of ether oxygens (including phenoxy) is 2. The molecule has 7 heteroatoms. The number of hydrogen-bond donors (Lipinski definition) is 2. The first-order chi connectivity index (χ1) is 12.2. The molecular weight excluding hydrogens is 355 g/mol. The Balaban J connectivity index is 2.29. The molecule has 0 radical (unpaired) electrons. The summed E-state index contributed by atoms with van der Waals surface area (Å²) >= 11 is 0. The van der Waals surface area contributed by atoms with Crippen LogP contribution in [0.25, 0.3) is 0 Å². The average molecular weight is 380 g/mol. The van der Waals surface area contributed by atoms with Crippen molar-refractivity contribution in [3.63, 3.8) is 0 Å². The number of phosphoric ester groups is 1. The zero-order valence-corrected chi connectivity index (χ0v) is 16.3. The van der Waals surface area contributed by atoms with E-state index in [2.05, 4.69) is 18.4 Å². The van der Waals surface area contributed by atoms with E-state index in [1.165, 1.54) is 0 Å². The van der Waals surface area contributed by atoms with Gasteiger partial charge in [0.25, 0.3) is 0 Å². The van der Waals surface area contributed by atoms with E-state index in [9.17, 15) is 4.57 Å². The molecule has 2 N–H and O–H groups in total. The zero-order chi connectivity index (χ0) is 19.4. The molecular formula is C19H25O6P. The van der Waals surface area contributed by atoms with Crippen molar-refractivity contribution in [1.29, 1.82) is 0 Å². The Kier molecular flexibility index (Phi) is 6.48. The minimum absolute atomic E-state index is 0.0902. The molecule has 2 rings (SSSR count). The van der Waals surface area contributed by atoms with Gasteiger partial charge in [0.05, 0.1) is 20.8 Å². The second-order valence-electron chi connectivity index (χ2n) is 6.45. The van der Waals surface area contributed by atoms with E-state index in [1.54, 1.807) is 14.2 Å². The fourth-order valence-corrected chi connectivity index (χ4v) is 3.14. The number of hydrogen-bond acceptors (Lipinski definition) is 4. The molecule has 0 aromatic heterocycles. The standard InChI is InChI=1S/C19H25O6P/c1-19(2,15-5-8-17(23-3)9-6-15)16-7-10-18(24-4)14(13-16)11-12-25-26(20,21)22/h5-10,13H,11-12H2,1-4H3,(H2,20,21,22). The minimum Gasteiger partial charge on any atom is -0.497 e. The van der Waals surface area contributed by atoms with Crippen LogP contribution in [-0.2, 0) is 20.9 Å². The highest BCUT2D eigenvalue weighted by atomic mass is 31.2. The summed E-state index contributed by atoms with van der Waals surface area (Å²) < 4.78 is 26.0. The van der Waals surface area contributed by atoms with Gasteiger partial charge in [-0.2, -0.15) is 0 Å². The quantitative estimate of drug-likeness (QED) is 0.680. The van der Waals surface area contributed by atoms with Gasteiger partial charge in [-0.3, -0.25) is 4.52 Å². The van der Waals surface area contributed by atoms with Crippen LogP contribution in [0, 0.1) is 0 Å². The summed E-state index contributed by atoms with van der Waals surface area (Å²) in [6, 6.07) is 13.8. The van der Waals surface area contributed by atoms with E-state index in [-0.39, 0.29) is 12.0 Å². The number of benzene rings is 2.